The second-order valence-electron chi connectivity index (χ2n) is 7.49. The van der Waals surface area contributed by atoms with Gasteiger partial charge in [-0.05, 0) is 42.8 Å². The summed E-state index contributed by atoms with van der Waals surface area (Å²) in [4.78, 5) is 28.2. The third-order valence-electron chi connectivity index (χ3n) is 4.85. The molecule has 8 nitrogen and oxygen atoms in total. The number of hydrogen-bond donors (Lipinski definition) is 2. The summed E-state index contributed by atoms with van der Waals surface area (Å²) in [5.74, 6) is -0.320. The molecule has 0 radical (unpaired) electrons. The number of thiazole rings is 1. The summed E-state index contributed by atoms with van der Waals surface area (Å²) >= 11 is 1.20. The molecule has 35 heavy (non-hydrogen) atoms. The molecular formula is C26H20N4O4S. The zero-order valence-corrected chi connectivity index (χ0v) is 19.5. The lowest BCUT2D eigenvalue weighted by Crippen LogP contribution is -2.19. The normalized spacial score (nSPS) is 11.0. The van der Waals surface area contributed by atoms with Crippen LogP contribution in [0.2, 0.25) is 0 Å². The number of nitrogens with two attached hydrogens (primary N) is 1. The summed E-state index contributed by atoms with van der Waals surface area (Å²) in [5, 5.41) is 13.7. The Morgan fingerprint density at radius 3 is 2.54 bits per heavy atom. The van der Waals surface area contributed by atoms with Crippen LogP contribution in [0.3, 0.4) is 0 Å². The third-order valence-corrected chi connectivity index (χ3v) is 5.85. The molecule has 2 heterocycles. The number of furan rings is 1. The van der Waals surface area contributed by atoms with Crippen LogP contribution in [0, 0.1) is 18.3 Å². The standard InChI is InChI=1S/C26H20N4O4S/c1-16-4-8-18(9-5-16)23-26(30-24(32)21-3-2-12-33-21)35-25(29-23)19(14-27)13-17-6-10-20(11-7-17)34-15-22(28)31/h2-13H,15H2,1H3,(H2,28,31)(H,30,32). The van der Waals surface area contributed by atoms with Crippen molar-refractivity contribution in [3.63, 3.8) is 0 Å². The number of rotatable bonds is 8. The maximum absolute atomic E-state index is 12.6. The van der Waals surface area contributed by atoms with E-state index in [4.69, 9.17) is 14.9 Å². The van der Waals surface area contributed by atoms with Gasteiger partial charge in [-0.25, -0.2) is 4.98 Å². The molecule has 9 heteroatoms. The molecule has 0 bridgehead atoms. The van der Waals surface area contributed by atoms with Crippen molar-refractivity contribution < 1.29 is 18.7 Å². The molecule has 2 aromatic heterocycles. The second kappa shape index (κ2) is 10.5. The van der Waals surface area contributed by atoms with Crippen LogP contribution in [0.1, 0.15) is 26.7 Å². The summed E-state index contributed by atoms with van der Waals surface area (Å²) in [6.07, 6.45) is 3.11. The van der Waals surface area contributed by atoms with E-state index in [-0.39, 0.29) is 12.4 Å². The lowest BCUT2D eigenvalue weighted by molar-refractivity contribution is -0.119. The highest BCUT2D eigenvalue weighted by atomic mass is 32.1. The Morgan fingerprint density at radius 2 is 1.91 bits per heavy atom. The summed E-state index contributed by atoms with van der Waals surface area (Å²) in [7, 11) is 0. The quantitative estimate of drug-likeness (QED) is 0.342. The van der Waals surface area contributed by atoms with Crippen molar-refractivity contribution >= 4 is 39.8 Å². The van der Waals surface area contributed by atoms with Gasteiger partial charge in [-0.15, -0.1) is 0 Å². The number of hydrogen-bond acceptors (Lipinski definition) is 7. The molecule has 0 unspecified atom stereocenters. The predicted molar refractivity (Wildman–Crippen MR) is 134 cm³/mol. The molecule has 0 atom stereocenters. The number of aromatic nitrogens is 1. The van der Waals surface area contributed by atoms with Crippen LogP contribution < -0.4 is 15.8 Å². The minimum atomic E-state index is -0.566. The molecule has 174 valence electrons. The number of nitrogens with one attached hydrogen (secondary N) is 1. The predicted octanol–water partition coefficient (Wildman–Crippen LogP) is 4.89. The van der Waals surface area contributed by atoms with Gasteiger partial charge in [0.2, 0.25) is 0 Å². The maximum atomic E-state index is 12.6. The number of carbonyl (C=O) groups is 2. The van der Waals surface area contributed by atoms with Crippen molar-refractivity contribution in [1.82, 2.24) is 4.98 Å². The van der Waals surface area contributed by atoms with E-state index in [0.717, 1.165) is 16.7 Å². The van der Waals surface area contributed by atoms with Crippen molar-refractivity contribution in [3.8, 4) is 23.1 Å². The van der Waals surface area contributed by atoms with Crippen LogP contribution in [-0.2, 0) is 4.79 Å². The highest BCUT2D eigenvalue weighted by Crippen LogP contribution is 2.37. The number of nitriles is 1. The highest BCUT2D eigenvalue weighted by Gasteiger charge is 2.19. The fraction of sp³-hybridized carbons (Fsp3) is 0.0769. The van der Waals surface area contributed by atoms with Crippen LogP contribution in [0.15, 0.2) is 71.3 Å². The fourth-order valence-corrected chi connectivity index (χ4v) is 4.07. The summed E-state index contributed by atoms with van der Waals surface area (Å²) in [6.45, 7) is 1.77. The van der Waals surface area contributed by atoms with E-state index < -0.39 is 11.8 Å². The zero-order chi connectivity index (χ0) is 24.8. The van der Waals surface area contributed by atoms with Gasteiger partial charge in [-0.3, -0.25) is 9.59 Å². The minimum Gasteiger partial charge on any atom is -0.484 e. The number of aryl methyl sites for hydroxylation is 1. The van der Waals surface area contributed by atoms with Gasteiger partial charge in [0.15, 0.2) is 12.4 Å². The molecular weight excluding hydrogens is 464 g/mol. The SMILES string of the molecule is Cc1ccc(-c2nc(C(C#N)=Cc3ccc(OCC(N)=O)cc3)sc2NC(=O)c2ccco2)cc1. The Morgan fingerprint density at radius 1 is 1.17 bits per heavy atom. The summed E-state index contributed by atoms with van der Waals surface area (Å²) < 4.78 is 10.5. The average Bonchev–Trinajstić information content (AvgIpc) is 3.53. The van der Waals surface area contributed by atoms with Gasteiger partial charge in [0.05, 0.1) is 11.8 Å². The van der Waals surface area contributed by atoms with Gasteiger partial charge in [-0.1, -0.05) is 53.3 Å². The van der Waals surface area contributed by atoms with Crippen molar-refractivity contribution in [2.75, 3.05) is 11.9 Å². The van der Waals surface area contributed by atoms with Crippen LogP contribution >= 0.6 is 11.3 Å². The maximum Gasteiger partial charge on any atom is 0.292 e. The lowest BCUT2D eigenvalue weighted by atomic mass is 10.1. The highest BCUT2D eigenvalue weighted by molar-refractivity contribution is 7.17. The van der Waals surface area contributed by atoms with Crippen molar-refractivity contribution in [3.05, 3.63) is 88.8 Å². The monoisotopic (exact) mass is 484 g/mol. The molecule has 0 aliphatic heterocycles. The summed E-state index contributed by atoms with van der Waals surface area (Å²) in [6, 6.07) is 20.0. The second-order valence-corrected chi connectivity index (χ2v) is 8.49. The largest absolute Gasteiger partial charge is 0.484 e. The smallest absolute Gasteiger partial charge is 0.292 e. The Bertz CT molecular complexity index is 1410. The first-order valence-electron chi connectivity index (χ1n) is 10.5. The van der Waals surface area contributed by atoms with Gasteiger partial charge in [0.25, 0.3) is 11.8 Å². The molecule has 2 aromatic carbocycles. The summed E-state index contributed by atoms with van der Waals surface area (Å²) in [5.41, 5.74) is 8.61. The lowest BCUT2D eigenvalue weighted by Gasteiger charge is -2.04. The molecule has 0 aliphatic carbocycles. The van der Waals surface area contributed by atoms with E-state index in [1.165, 1.54) is 17.6 Å². The molecule has 0 saturated heterocycles. The molecule has 3 N–H and O–H groups in total. The van der Waals surface area contributed by atoms with Crippen LogP contribution in [0.25, 0.3) is 22.9 Å². The number of amides is 2. The average molecular weight is 485 g/mol. The van der Waals surface area contributed by atoms with E-state index in [1.54, 1.807) is 42.5 Å². The van der Waals surface area contributed by atoms with Gasteiger partial charge < -0.3 is 20.2 Å². The molecule has 0 aliphatic rings. The van der Waals surface area contributed by atoms with E-state index in [1.807, 2.05) is 31.2 Å². The Kier molecular flexibility index (Phi) is 7.04. The number of ether oxygens (including phenoxy) is 1. The van der Waals surface area contributed by atoms with Gasteiger partial charge >= 0.3 is 0 Å². The topological polar surface area (TPSA) is 131 Å². The third kappa shape index (κ3) is 5.82. The van der Waals surface area contributed by atoms with Crippen LogP contribution in [-0.4, -0.2) is 23.4 Å². The fourth-order valence-electron chi connectivity index (χ4n) is 3.12. The van der Waals surface area contributed by atoms with Crippen LogP contribution in [0.5, 0.6) is 5.75 Å². The Labute approximate surface area is 205 Å². The van der Waals surface area contributed by atoms with E-state index in [2.05, 4.69) is 16.4 Å². The number of primary amides is 1. The molecule has 0 fully saturated rings. The number of carbonyl (C=O) groups excluding carboxylic acids is 2. The molecule has 0 spiro atoms. The number of allylic oxidation sites excluding steroid dienone is 1. The van der Waals surface area contributed by atoms with Gasteiger partial charge in [0.1, 0.15) is 27.5 Å². The van der Waals surface area contributed by atoms with Crippen LogP contribution in [0.4, 0.5) is 5.00 Å². The first kappa shape index (κ1) is 23.5. The first-order valence-corrected chi connectivity index (χ1v) is 11.3. The molecule has 4 aromatic rings. The van der Waals surface area contributed by atoms with E-state index in [0.29, 0.717) is 27.0 Å². The molecule has 0 saturated carbocycles. The minimum absolute atomic E-state index is 0.171. The Balaban J connectivity index is 1.67. The van der Waals surface area contributed by atoms with Gasteiger partial charge in [0, 0.05) is 5.56 Å². The molecule has 2 amide bonds. The molecule has 4 rings (SSSR count). The van der Waals surface area contributed by atoms with Crippen molar-refractivity contribution in [2.24, 2.45) is 5.73 Å². The number of benzene rings is 2. The van der Waals surface area contributed by atoms with E-state index in [9.17, 15) is 14.9 Å². The van der Waals surface area contributed by atoms with E-state index >= 15 is 0 Å². The first-order chi connectivity index (χ1) is 16.9. The van der Waals surface area contributed by atoms with Gasteiger partial charge in [-0.2, -0.15) is 5.26 Å². The zero-order valence-electron chi connectivity index (χ0n) is 18.6. The number of nitrogens with zero attached hydrogens (tertiary/aromatic N) is 2. The van der Waals surface area contributed by atoms with Crippen molar-refractivity contribution in [1.29, 1.82) is 5.26 Å². The van der Waals surface area contributed by atoms with Crippen molar-refractivity contribution in [2.45, 2.75) is 6.92 Å². The number of anilines is 1. The Hall–Kier alpha value is -4.68.